The van der Waals surface area contributed by atoms with Gasteiger partial charge in [-0.15, -0.1) is 0 Å². The molecule has 31 heavy (non-hydrogen) atoms. The van der Waals surface area contributed by atoms with E-state index >= 15 is 0 Å². The molecule has 0 spiro atoms. The molecular weight excluding hydrogens is 394 g/mol. The second kappa shape index (κ2) is 9.93. The molecule has 1 atom stereocenters. The summed E-state index contributed by atoms with van der Waals surface area (Å²) in [7, 11) is 0. The number of hydrogen-bond acceptors (Lipinski definition) is 5. The van der Waals surface area contributed by atoms with E-state index in [1.54, 1.807) is 29.4 Å². The van der Waals surface area contributed by atoms with Crippen LogP contribution in [0.5, 0.6) is 5.75 Å². The molecule has 1 saturated heterocycles. The Morgan fingerprint density at radius 3 is 2.74 bits per heavy atom. The number of rotatable bonds is 7. The standard InChI is InChI=1S/C24H25N3O4/c28-23(20-5-2-12-27(16-20)24(29)22-6-3-13-30-22)26-15-18-7-9-21(10-8-18)31-17-19-4-1-11-25-14-19/h1,3-4,6-11,13-14,20H,2,5,12,15-17H2,(H,26,28). The van der Waals surface area contributed by atoms with Gasteiger partial charge in [0.15, 0.2) is 5.76 Å². The van der Waals surface area contributed by atoms with Crippen molar-refractivity contribution in [1.82, 2.24) is 15.2 Å². The zero-order valence-electron chi connectivity index (χ0n) is 17.2. The number of nitrogens with one attached hydrogen (secondary N) is 1. The largest absolute Gasteiger partial charge is 0.489 e. The van der Waals surface area contributed by atoms with Crippen LogP contribution in [0.25, 0.3) is 0 Å². The van der Waals surface area contributed by atoms with Crippen LogP contribution in [0, 0.1) is 5.92 Å². The Balaban J connectivity index is 1.25. The van der Waals surface area contributed by atoms with Crippen LogP contribution in [-0.4, -0.2) is 34.8 Å². The van der Waals surface area contributed by atoms with Crippen LogP contribution in [0.4, 0.5) is 0 Å². The third kappa shape index (κ3) is 5.51. The van der Waals surface area contributed by atoms with Gasteiger partial charge in [-0.2, -0.15) is 0 Å². The van der Waals surface area contributed by atoms with E-state index in [1.165, 1.54) is 6.26 Å². The maximum atomic E-state index is 12.6. The van der Waals surface area contributed by atoms with Gasteiger partial charge in [-0.3, -0.25) is 14.6 Å². The molecule has 3 heterocycles. The number of carbonyl (C=O) groups excluding carboxylic acids is 2. The summed E-state index contributed by atoms with van der Waals surface area (Å²) in [5, 5.41) is 2.99. The first-order chi connectivity index (χ1) is 15.2. The van der Waals surface area contributed by atoms with Gasteiger partial charge in [-0.05, 0) is 48.7 Å². The molecule has 0 radical (unpaired) electrons. The summed E-state index contributed by atoms with van der Waals surface area (Å²) in [5.74, 6) is 0.665. The first-order valence-electron chi connectivity index (χ1n) is 10.4. The molecule has 1 aliphatic heterocycles. The molecule has 1 N–H and O–H groups in total. The van der Waals surface area contributed by atoms with Gasteiger partial charge in [0, 0.05) is 37.6 Å². The monoisotopic (exact) mass is 419 g/mol. The first kappa shape index (κ1) is 20.7. The van der Waals surface area contributed by atoms with Crippen LogP contribution in [0.15, 0.2) is 71.6 Å². The molecule has 3 aromatic rings. The number of hydrogen-bond donors (Lipinski definition) is 1. The highest BCUT2D eigenvalue weighted by molar-refractivity contribution is 5.92. The van der Waals surface area contributed by atoms with Gasteiger partial charge in [0.1, 0.15) is 12.4 Å². The summed E-state index contributed by atoms with van der Waals surface area (Å²) in [6, 6.07) is 14.8. The molecule has 4 rings (SSSR count). The fourth-order valence-electron chi connectivity index (χ4n) is 3.62. The molecule has 7 heteroatoms. The lowest BCUT2D eigenvalue weighted by Gasteiger charge is -2.31. The third-order valence-corrected chi connectivity index (χ3v) is 5.33. The Morgan fingerprint density at radius 1 is 1.13 bits per heavy atom. The minimum Gasteiger partial charge on any atom is -0.489 e. The molecule has 7 nitrogen and oxygen atoms in total. The summed E-state index contributed by atoms with van der Waals surface area (Å²) in [6.07, 6.45) is 6.56. The lowest BCUT2D eigenvalue weighted by Crippen LogP contribution is -2.45. The summed E-state index contributed by atoms with van der Waals surface area (Å²) >= 11 is 0. The lowest BCUT2D eigenvalue weighted by atomic mass is 9.96. The molecule has 1 fully saturated rings. The SMILES string of the molecule is O=C(NCc1ccc(OCc2cccnc2)cc1)C1CCCN(C(=O)c2ccco2)C1. The van der Waals surface area contributed by atoms with Gasteiger partial charge in [0.25, 0.3) is 5.91 Å². The van der Waals surface area contributed by atoms with Crippen LogP contribution in [0.3, 0.4) is 0 Å². The Bertz CT molecular complexity index is 987. The summed E-state index contributed by atoms with van der Waals surface area (Å²) in [4.78, 5) is 30.9. The average Bonchev–Trinajstić information content (AvgIpc) is 3.37. The van der Waals surface area contributed by atoms with Crippen molar-refractivity contribution in [3.8, 4) is 5.75 Å². The second-order valence-electron chi connectivity index (χ2n) is 7.58. The predicted octanol–water partition coefficient (Wildman–Crippen LogP) is 3.42. The Morgan fingerprint density at radius 2 is 2.00 bits per heavy atom. The number of benzene rings is 1. The second-order valence-corrected chi connectivity index (χ2v) is 7.58. The summed E-state index contributed by atoms with van der Waals surface area (Å²) in [5.41, 5.74) is 1.99. The number of aromatic nitrogens is 1. The van der Waals surface area contributed by atoms with Gasteiger partial charge in [-0.1, -0.05) is 18.2 Å². The molecule has 2 aromatic heterocycles. The molecule has 0 bridgehead atoms. The number of piperidine rings is 1. The highest BCUT2D eigenvalue weighted by atomic mass is 16.5. The molecular formula is C24H25N3O4. The predicted molar refractivity (Wildman–Crippen MR) is 114 cm³/mol. The number of likely N-dealkylation sites (tertiary alicyclic amines) is 1. The van der Waals surface area contributed by atoms with E-state index in [9.17, 15) is 9.59 Å². The fourth-order valence-corrected chi connectivity index (χ4v) is 3.62. The number of furan rings is 1. The normalized spacial score (nSPS) is 16.0. The molecule has 1 aromatic carbocycles. The van der Waals surface area contributed by atoms with Crippen molar-refractivity contribution >= 4 is 11.8 Å². The van der Waals surface area contributed by atoms with Crippen LogP contribution in [0.1, 0.15) is 34.5 Å². The van der Waals surface area contributed by atoms with E-state index in [0.717, 1.165) is 29.7 Å². The van der Waals surface area contributed by atoms with Gasteiger partial charge >= 0.3 is 0 Å². The number of amides is 2. The van der Waals surface area contributed by atoms with Crippen LogP contribution in [-0.2, 0) is 17.9 Å². The molecule has 0 saturated carbocycles. The number of nitrogens with zero attached hydrogens (tertiary/aromatic N) is 2. The van der Waals surface area contributed by atoms with Crippen molar-refractivity contribution in [3.05, 3.63) is 84.1 Å². The number of pyridine rings is 1. The topological polar surface area (TPSA) is 84.7 Å². The van der Waals surface area contributed by atoms with Gasteiger partial charge < -0.3 is 19.4 Å². The van der Waals surface area contributed by atoms with Crippen LogP contribution in [0.2, 0.25) is 0 Å². The number of carbonyl (C=O) groups is 2. The fraction of sp³-hybridized carbons (Fsp3) is 0.292. The molecule has 160 valence electrons. The number of ether oxygens (including phenoxy) is 1. The zero-order chi connectivity index (χ0) is 21.5. The maximum absolute atomic E-state index is 12.6. The maximum Gasteiger partial charge on any atom is 0.289 e. The van der Waals surface area contributed by atoms with Crippen molar-refractivity contribution in [2.75, 3.05) is 13.1 Å². The Kier molecular flexibility index (Phi) is 6.62. The van der Waals surface area contributed by atoms with E-state index in [0.29, 0.717) is 32.0 Å². The van der Waals surface area contributed by atoms with Gasteiger partial charge in [0.05, 0.1) is 12.2 Å². The summed E-state index contributed by atoms with van der Waals surface area (Å²) in [6.45, 7) is 1.94. The van der Waals surface area contributed by atoms with Gasteiger partial charge in [-0.25, -0.2) is 0 Å². The molecule has 0 aliphatic carbocycles. The minimum atomic E-state index is -0.213. The van der Waals surface area contributed by atoms with Crippen molar-refractivity contribution in [3.63, 3.8) is 0 Å². The first-order valence-corrected chi connectivity index (χ1v) is 10.4. The minimum absolute atomic E-state index is 0.0335. The van der Waals surface area contributed by atoms with E-state index < -0.39 is 0 Å². The van der Waals surface area contributed by atoms with Crippen LogP contribution >= 0.6 is 0 Å². The van der Waals surface area contributed by atoms with Crippen molar-refractivity contribution in [2.24, 2.45) is 5.92 Å². The average molecular weight is 419 g/mol. The van der Waals surface area contributed by atoms with Crippen molar-refractivity contribution in [1.29, 1.82) is 0 Å². The quantitative estimate of drug-likeness (QED) is 0.634. The third-order valence-electron chi connectivity index (χ3n) is 5.33. The zero-order valence-corrected chi connectivity index (χ0v) is 17.2. The smallest absolute Gasteiger partial charge is 0.289 e. The lowest BCUT2D eigenvalue weighted by molar-refractivity contribution is -0.126. The van der Waals surface area contributed by atoms with Gasteiger partial charge in [0.2, 0.25) is 5.91 Å². The van der Waals surface area contributed by atoms with E-state index in [4.69, 9.17) is 9.15 Å². The van der Waals surface area contributed by atoms with Crippen molar-refractivity contribution in [2.45, 2.75) is 26.0 Å². The van der Waals surface area contributed by atoms with Crippen LogP contribution < -0.4 is 10.1 Å². The molecule has 1 unspecified atom stereocenters. The summed E-state index contributed by atoms with van der Waals surface area (Å²) < 4.78 is 11.0. The van der Waals surface area contributed by atoms with E-state index in [2.05, 4.69) is 10.3 Å². The molecule has 1 aliphatic rings. The molecule has 2 amide bonds. The Labute approximate surface area is 181 Å². The van der Waals surface area contributed by atoms with Crippen molar-refractivity contribution < 1.29 is 18.7 Å². The Hall–Kier alpha value is -3.61. The highest BCUT2D eigenvalue weighted by Crippen LogP contribution is 2.20. The van der Waals surface area contributed by atoms with E-state index in [1.807, 2.05) is 36.4 Å². The van der Waals surface area contributed by atoms with E-state index in [-0.39, 0.29) is 17.7 Å². The highest BCUT2D eigenvalue weighted by Gasteiger charge is 2.29.